The van der Waals surface area contributed by atoms with Gasteiger partial charge in [-0.3, -0.25) is 24.0 Å². The largest absolute Gasteiger partial charge is 0.481 e. The number of H-pyrrole nitrogens is 1. The SMILES string of the molecule is NC(=O)CCC(NC(=O)C(N)CC(=O)O)C(=O)NCC(=O)NC(Cc1cnc[nH]1)C(=O)O. The number of aromatic nitrogens is 2. The number of nitrogens with zero attached hydrogens (tertiary/aromatic N) is 1. The topological polar surface area (TPSA) is 260 Å². The van der Waals surface area contributed by atoms with Crippen molar-refractivity contribution in [2.75, 3.05) is 6.54 Å². The molecule has 0 aromatic carbocycles. The van der Waals surface area contributed by atoms with Crippen LogP contribution >= 0.6 is 0 Å². The normalized spacial score (nSPS) is 13.3. The summed E-state index contributed by atoms with van der Waals surface area (Å²) in [5, 5.41) is 24.6. The molecule has 0 radical (unpaired) electrons. The zero-order valence-corrected chi connectivity index (χ0v) is 16.9. The van der Waals surface area contributed by atoms with Crippen LogP contribution in [0.25, 0.3) is 0 Å². The van der Waals surface area contributed by atoms with Gasteiger partial charge in [0.25, 0.3) is 0 Å². The molecule has 32 heavy (non-hydrogen) atoms. The van der Waals surface area contributed by atoms with E-state index in [1.165, 1.54) is 12.5 Å². The number of carboxylic acid groups (broad SMARTS) is 2. The maximum absolute atomic E-state index is 12.4. The van der Waals surface area contributed by atoms with Crippen LogP contribution in [0.3, 0.4) is 0 Å². The van der Waals surface area contributed by atoms with Gasteiger partial charge in [-0.2, -0.15) is 0 Å². The van der Waals surface area contributed by atoms with E-state index in [-0.39, 0.29) is 19.3 Å². The van der Waals surface area contributed by atoms with E-state index in [9.17, 15) is 33.9 Å². The van der Waals surface area contributed by atoms with E-state index in [0.717, 1.165) is 0 Å². The van der Waals surface area contributed by atoms with Crippen LogP contribution in [-0.4, -0.2) is 80.4 Å². The van der Waals surface area contributed by atoms with E-state index < -0.39 is 66.7 Å². The number of aliphatic carboxylic acids is 2. The van der Waals surface area contributed by atoms with Gasteiger partial charge in [0.1, 0.15) is 12.1 Å². The highest BCUT2D eigenvalue weighted by Gasteiger charge is 2.26. The first-order valence-corrected chi connectivity index (χ1v) is 9.32. The van der Waals surface area contributed by atoms with Crippen LogP contribution in [0.5, 0.6) is 0 Å². The maximum atomic E-state index is 12.4. The monoisotopic (exact) mass is 455 g/mol. The number of hydrogen-bond donors (Lipinski definition) is 8. The predicted octanol–water partition coefficient (Wildman–Crippen LogP) is -3.81. The van der Waals surface area contributed by atoms with E-state index in [0.29, 0.717) is 5.69 Å². The van der Waals surface area contributed by atoms with Crippen molar-refractivity contribution in [1.29, 1.82) is 0 Å². The first-order chi connectivity index (χ1) is 15.0. The summed E-state index contributed by atoms with van der Waals surface area (Å²) in [4.78, 5) is 75.9. The first-order valence-electron chi connectivity index (χ1n) is 9.32. The number of nitrogens with one attached hydrogen (secondary N) is 4. The zero-order valence-electron chi connectivity index (χ0n) is 16.9. The van der Waals surface area contributed by atoms with Crippen molar-refractivity contribution in [2.24, 2.45) is 11.5 Å². The lowest BCUT2D eigenvalue weighted by Crippen LogP contribution is -2.54. The Morgan fingerprint density at radius 3 is 2.28 bits per heavy atom. The molecule has 0 saturated heterocycles. The van der Waals surface area contributed by atoms with Gasteiger partial charge in [0.15, 0.2) is 0 Å². The highest BCUT2D eigenvalue weighted by atomic mass is 16.4. The van der Waals surface area contributed by atoms with Crippen LogP contribution in [0.1, 0.15) is 25.0 Å². The molecule has 10 N–H and O–H groups in total. The van der Waals surface area contributed by atoms with Crippen LogP contribution in [0, 0.1) is 0 Å². The number of hydrogen-bond acceptors (Lipinski definition) is 8. The van der Waals surface area contributed by atoms with E-state index >= 15 is 0 Å². The fraction of sp³-hybridized carbons (Fsp3) is 0.471. The summed E-state index contributed by atoms with van der Waals surface area (Å²) in [6.07, 6.45) is 1.46. The highest BCUT2D eigenvalue weighted by Crippen LogP contribution is 2.01. The maximum Gasteiger partial charge on any atom is 0.326 e. The molecule has 0 aliphatic rings. The van der Waals surface area contributed by atoms with Crippen molar-refractivity contribution < 1.29 is 39.0 Å². The van der Waals surface area contributed by atoms with Gasteiger partial charge in [-0.1, -0.05) is 0 Å². The number of carbonyl (C=O) groups is 6. The van der Waals surface area contributed by atoms with E-state index in [1.54, 1.807) is 0 Å². The number of carbonyl (C=O) groups excluding carboxylic acids is 4. The van der Waals surface area contributed by atoms with Crippen LogP contribution in [-0.2, 0) is 35.2 Å². The van der Waals surface area contributed by atoms with Crippen LogP contribution in [0.2, 0.25) is 0 Å². The second-order valence-electron chi connectivity index (χ2n) is 6.73. The molecule has 15 nitrogen and oxygen atoms in total. The second kappa shape index (κ2) is 12.6. The van der Waals surface area contributed by atoms with Crippen molar-refractivity contribution in [2.45, 2.75) is 43.8 Å². The van der Waals surface area contributed by atoms with Crippen molar-refractivity contribution in [3.05, 3.63) is 18.2 Å². The Bertz CT molecular complexity index is 842. The van der Waals surface area contributed by atoms with Crippen LogP contribution in [0.4, 0.5) is 0 Å². The van der Waals surface area contributed by atoms with E-state index in [2.05, 4.69) is 25.9 Å². The van der Waals surface area contributed by atoms with Crippen molar-refractivity contribution >= 4 is 35.6 Å². The molecule has 0 spiro atoms. The number of aromatic amines is 1. The molecule has 0 fully saturated rings. The summed E-state index contributed by atoms with van der Waals surface area (Å²) >= 11 is 0. The van der Waals surface area contributed by atoms with Crippen molar-refractivity contribution in [1.82, 2.24) is 25.9 Å². The molecule has 0 bridgehead atoms. The van der Waals surface area contributed by atoms with E-state index in [4.69, 9.17) is 16.6 Å². The van der Waals surface area contributed by atoms with Gasteiger partial charge in [0.05, 0.1) is 25.3 Å². The van der Waals surface area contributed by atoms with Crippen LogP contribution < -0.4 is 27.4 Å². The quantitative estimate of drug-likeness (QED) is 0.135. The molecule has 1 aromatic rings. The fourth-order valence-corrected chi connectivity index (χ4v) is 2.47. The molecule has 3 unspecified atom stereocenters. The molecule has 1 rings (SSSR count). The molecule has 4 amide bonds. The molecule has 176 valence electrons. The minimum absolute atomic E-state index is 0.0756. The van der Waals surface area contributed by atoms with Gasteiger partial charge in [0, 0.05) is 24.7 Å². The highest BCUT2D eigenvalue weighted by molar-refractivity contribution is 5.93. The molecular formula is C17H25N7O8. The fourth-order valence-electron chi connectivity index (χ4n) is 2.47. The molecule has 0 aliphatic heterocycles. The van der Waals surface area contributed by atoms with Gasteiger partial charge in [-0.05, 0) is 6.42 Å². The van der Waals surface area contributed by atoms with Gasteiger partial charge < -0.3 is 42.6 Å². The molecule has 0 aliphatic carbocycles. The average Bonchev–Trinajstić information content (AvgIpc) is 3.20. The molecule has 1 aromatic heterocycles. The Morgan fingerprint density at radius 2 is 1.75 bits per heavy atom. The molecule has 0 saturated carbocycles. The van der Waals surface area contributed by atoms with Crippen molar-refractivity contribution in [3.8, 4) is 0 Å². The summed E-state index contributed by atoms with van der Waals surface area (Å²) in [5.74, 6) is -6.05. The molecule has 3 atom stereocenters. The number of imidazole rings is 1. The second-order valence-corrected chi connectivity index (χ2v) is 6.73. The summed E-state index contributed by atoms with van der Waals surface area (Å²) in [6.45, 7) is -0.629. The van der Waals surface area contributed by atoms with Crippen molar-refractivity contribution in [3.63, 3.8) is 0 Å². The Kier molecular flexibility index (Phi) is 10.3. The summed E-state index contributed by atoms with van der Waals surface area (Å²) in [6, 6.07) is -4.07. The van der Waals surface area contributed by atoms with E-state index in [1.807, 2.05) is 0 Å². The Morgan fingerprint density at radius 1 is 1.06 bits per heavy atom. The average molecular weight is 455 g/mol. The lowest BCUT2D eigenvalue weighted by Gasteiger charge is -2.20. The molecular weight excluding hydrogens is 430 g/mol. The van der Waals surface area contributed by atoms with Gasteiger partial charge in [-0.25, -0.2) is 9.78 Å². The Balaban J connectivity index is 2.67. The van der Waals surface area contributed by atoms with Gasteiger partial charge >= 0.3 is 11.9 Å². The number of carboxylic acids is 2. The summed E-state index contributed by atoms with van der Waals surface area (Å²) < 4.78 is 0. The molecule has 15 heteroatoms. The molecule has 1 heterocycles. The third-order valence-electron chi connectivity index (χ3n) is 4.08. The Labute approximate surface area is 181 Å². The lowest BCUT2D eigenvalue weighted by molar-refractivity contribution is -0.141. The number of amides is 4. The minimum atomic E-state index is -1.45. The number of rotatable bonds is 14. The summed E-state index contributed by atoms with van der Waals surface area (Å²) in [7, 11) is 0. The van der Waals surface area contributed by atoms with Gasteiger partial charge in [0.2, 0.25) is 23.6 Å². The van der Waals surface area contributed by atoms with Crippen LogP contribution in [0.15, 0.2) is 12.5 Å². The predicted molar refractivity (Wildman–Crippen MR) is 105 cm³/mol. The summed E-state index contributed by atoms with van der Waals surface area (Å²) in [5.41, 5.74) is 11.0. The minimum Gasteiger partial charge on any atom is -0.481 e. The van der Waals surface area contributed by atoms with Gasteiger partial charge in [-0.15, -0.1) is 0 Å². The smallest absolute Gasteiger partial charge is 0.326 e. The lowest BCUT2D eigenvalue weighted by atomic mass is 10.1. The third-order valence-corrected chi connectivity index (χ3v) is 4.08. The number of nitrogens with two attached hydrogens (primary N) is 2. The Hall–Kier alpha value is -4.01. The first kappa shape index (κ1) is 26.0. The third kappa shape index (κ3) is 9.66. The number of primary amides is 1. The zero-order chi connectivity index (χ0) is 24.3. The standard InChI is InChI=1S/C17H25N7O8/c18-9(4-14(27)28)15(29)24-10(1-2-12(19)25)16(30)21-6-13(26)23-11(17(31)32)3-8-5-20-7-22-8/h5,7,9-11H,1-4,6,18H2,(H2,19,25)(H,20,22)(H,21,30)(H,23,26)(H,24,29)(H,27,28)(H,31,32).